The highest BCUT2D eigenvalue weighted by molar-refractivity contribution is 8.01. The first-order valence-corrected chi connectivity index (χ1v) is 5.22. The van der Waals surface area contributed by atoms with E-state index in [-0.39, 0.29) is 10.9 Å². The Morgan fingerprint density at radius 2 is 2.38 bits per heavy atom. The van der Waals surface area contributed by atoms with Gasteiger partial charge in [-0.05, 0) is 6.92 Å². The van der Waals surface area contributed by atoms with E-state index in [0.29, 0.717) is 5.57 Å². The van der Waals surface area contributed by atoms with Crippen molar-refractivity contribution in [3.8, 4) is 0 Å². The van der Waals surface area contributed by atoms with Crippen molar-refractivity contribution in [2.24, 2.45) is 0 Å². The zero-order valence-electron chi connectivity index (χ0n) is 7.84. The third kappa shape index (κ3) is 2.37. The summed E-state index contributed by atoms with van der Waals surface area (Å²) in [5, 5.41) is 0. The second kappa shape index (κ2) is 4.01. The molecule has 0 bridgehead atoms. The molecule has 1 fully saturated rings. The monoisotopic (exact) mass is 198 g/mol. The van der Waals surface area contributed by atoms with Gasteiger partial charge in [0.15, 0.2) is 4.93 Å². The first-order valence-electron chi connectivity index (χ1n) is 4.23. The molecule has 1 heterocycles. The van der Waals surface area contributed by atoms with Gasteiger partial charge in [0.1, 0.15) is 0 Å². The Kier molecular flexibility index (Phi) is 3.20. The summed E-state index contributed by atoms with van der Waals surface area (Å²) in [4.78, 5) is 10.9. The molecule has 1 atom stereocenters. The Morgan fingerprint density at radius 1 is 1.77 bits per heavy atom. The summed E-state index contributed by atoms with van der Waals surface area (Å²) in [7, 11) is 0. The molecule has 1 aliphatic heterocycles. The SMILES string of the molecule is C=CCC1(OC(=O)C(=C)C)CCS1. The number of carbonyl (C=O) groups is 1. The quantitative estimate of drug-likeness (QED) is 0.394. The highest BCUT2D eigenvalue weighted by Crippen LogP contribution is 2.45. The molecule has 1 aliphatic rings. The van der Waals surface area contributed by atoms with Crippen molar-refractivity contribution < 1.29 is 9.53 Å². The van der Waals surface area contributed by atoms with E-state index in [0.717, 1.165) is 18.6 Å². The van der Waals surface area contributed by atoms with Crippen LogP contribution in [0.5, 0.6) is 0 Å². The third-order valence-corrected chi connectivity index (χ3v) is 3.32. The van der Waals surface area contributed by atoms with E-state index in [1.54, 1.807) is 24.8 Å². The van der Waals surface area contributed by atoms with Crippen LogP contribution in [-0.4, -0.2) is 16.7 Å². The van der Waals surface area contributed by atoms with Crippen molar-refractivity contribution in [3.05, 3.63) is 24.8 Å². The molecule has 0 amide bonds. The molecule has 72 valence electrons. The van der Waals surface area contributed by atoms with Crippen LogP contribution in [0.25, 0.3) is 0 Å². The number of thioether (sulfide) groups is 1. The highest BCUT2D eigenvalue weighted by atomic mass is 32.2. The van der Waals surface area contributed by atoms with Gasteiger partial charge in [0.05, 0.1) is 0 Å². The molecule has 3 heteroatoms. The van der Waals surface area contributed by atoms with Crippen molar-refractivity contribution in [3.63, 3.8) is 0 Å². The Hall–Kier alpha value is -0.700. The molecule has 1 saturated heterocycles. The first-order chi connectivity index (χ1) is 6.09. The lowest BCUT2D eigenvalue weighted by Crippen LogP contribution is -2.39. The van der Waals surface area contributed by atoms with Crippen LogP contribution < -0.4 is 0 Å². The van der Waals surface area contributed by atoms with Crippen molar-refractivity contribution >= 4 is 17.7 Å². The molecule has 0 aromatic rings. The van der Waals surface area contributed by atoms with Crippen molar-refractivity contribution in [2.45, 2.75) is 24.7 Å². The summed E-state index contributed by atoms with van der Waals surface area (Å²) < 4.78 is 5.33. The Balaban J connectivity index is 2.53. The standard InChI is InChI=1S/C10H14O2S/c1-4-5-10(6-7-13-10)12-9(11)8(2)3/h4H,1-2,5-7H2,3H3. The molecular formula is C10H14O2S. The lowest BCUT2D eigenvalue weighted by Gasteiger charge is -2.39. The van der Waals surface area contributed by atoms with Gasteiger partial charge in [-0.1, -0.05) is 12.7 Å². The second-order valence-electron chi connectivity index (χ2n) is 3.17. The van der Waals surface area contributed by atoms with Crippen LogP contribution in [0.3, 0.4) is 0 Å². The highest BCUT2D eigenvalue weighted by Gasteiger charge is 2.40. The largest absolute Gasteiger partial charge is 0.444 e. The molecule has 2 nitrogen and oxygen atoms in total. The van der Waals surface area contributed by atoms with Gasteiger partial charge in [-0.3, -0.25) is 0 Å². The van der Waals surface area contributed by atoms with Crippen molar-refractivity contribution in [1.82, 2.24) is 0 Å². The fourth-order valence-corrected chi connectivity index (χ4v) is 2.12. The smallest absolute Gasteiger partial charge is 0.334 e. The number of hydrogen-bond acceptors (Lipinski definition) is 3. The molecule has 1 rings (SSSR count). The van der Waals surface area contributed by atoms with Gasteiger partial charge in [0, 0.05) is 24.2 Å². The van der Waals surface area contributed by atoms with Gasteiger partial charge < -0.3 is 4.74 Å². The van der Waals surface area contributed by atoms with Crippen LogP contribution in [-0.2, 0) is 9.53 Å². The average molecular weight is 198 g/mol. The maximum atomic E-state index is 11.3. The molecule has 0 aliphatic carbocycles. The molecule has 13 heavy (non-hydrogen) atoms. The molecule has 0 radical (unpaired) electrons. The normalized spacial score (nSPS) is 25.9. The van der Waals surface area contributed by atoms with Gasteiger partial charge in [0.2, 0.25) is 0 Å². The Labute approximate surface area is 83.0 Å². The minimum absolute atomic E-state index is 0.297. The van der Waals surface area contributed by atoms with E-state index in [4.69, 9.17) is 4.74 Å². The van der Waals surface area contributed by atoms with Crippen LogP contribution >= 0.6 is 11.8 Å². The second-order valence-corrected chi connectivity index (χ2v) is 4.61. The third-order valence-electron chi connectivity index (χ3n) is 1.93. The zero-order chi connectivity index (χ0) is 9.90. The van der Waals surface area contributed by atoms with Gasteiger partial charge in [-0.15, -0.1) is 18.3 Å². The molecule has 0 aromatic carbocycles. The van der Waals surface area contributed by atoms with Crippen LogP contribution in [0, 0.1) is 0 Å². The number of ether oxygens (including phenoxy) is 1. The maximum absolute atomic E-state index is 11.3. The van der Waals surface area contributed by atoms with Gasteiger partial charge >= 0.3 is 5.97 Å². The summed E-state index contributed by atoms with van der Waals surface area (Å²) in [5.74, 6) is 0.756. The summed E-state index contributed by atoms with van der Waals surface area (Å²) in [6.07, 6.45) is 3.43. The van der Waals surface area contributed by atoms with E-state index in [2.05, 4.69) is 13.2 Å². The van der Waals surface area contributed by atoms with E-state index in [9.17, 15) is 4.79 Å². The molecule has 1 unspecified atom stereocenters. The predicted octanol–water partition coefficient (Wildman–Crippen LogP) is 2.52. The van der Waals surface area contributed by atoms with Crippen molar-refractivity contribution in [1.29, 1.82) is 0 Å². The van der Waals surface area contributed by atoms with E-state index < -0.39 is 0 Å². The molecule has 0 saturated carbocycles. The fraction of sp³-hybridized carbons (Fsp3) is 0.500. The van der Waals surface area contributed by atoms with E-state index >= 15 is 0 Å². The average Bonchev–Trinajstić information content (AvgIpc) is 2.00. The lowest BCUT2D eigenvalue weighted by molar-refractivity contribution is -0.147. The molecule has 0 spiro atoms. The van der Waals surface area contributed by atoms with E-state index in [1.807, 2.05) is 0 Å². The number of carbonyl (C=O) groups excluding carboxylic acids is 1. The summed E-state index contributed by atoms with van der Waals surface area (Å²) in [6, 6.07) is 0. The fourth-order valence-electron chi connectivity index (χ4n) is 1.09. The predicted molar refractivity (Wildman–Crippen MR) is 55.5 cm³/mol. The molecule has 0 N–H and O–H groups in total. The topological polar surface area (TPSA) is 26.3 Å². The van der Waals surface area contributed by atoms with Gasteiger partial charge in [0.25, 0.3) is 0 Å². The minimum atomic E-state index is -0.336. The summed E-state index contributed by atoms with van der Waals surface area (Å²) >= 11 is 1.67. The van der Waals surface area contributed by atoms with Crippen LogP contribution in [0.15, 0.2) is 24.8 Å². The first kappa shape index (κ1) is 10.4. The van der Waals surface area contributed by atoms with Crippen LogP contribution in [0.4, 0.5) is 0 Å². The maximum Gasteiger partial charge on any atom is 0.334 e. The van der Waals surface area contributed by atoms with Crippen molar-refractivity contribution in [2.75, 3.05) is 5.75 Å². The number of esters is 1. The van der Waals surface area contributed by atoms with Gasteiger partial charge in [-0.25, -0.2) is 4.79 Å². The number of hydrogen-bond donors (Lipinski definition) is 0. The van der Waals surface area contributed by atoms with E-state index in [1.165, 1.54) is 0 Å². The zero-order valence-corrected chi connectivity index (χ0v) is 8.65. The molecular weight excluding hydrogens is 184 g/mol. The lowest BCUT2D eigenvalue weighted by atomic mass is 10.1. The number of rotatable bonds is 4. The Bertz CT molecular complexity index is 241. The minimum Gasteiger partial charge on any atom is -0.444 e. The van der Waals surface area contributed by atoms with Gasteiger partial charge in [-0.2, -0.15) is 0 Å². The summed E-state index contributed by atoms with van der Waals surface area (Å²) in [5.41, 5.74) is 0.455. The van der Waals surface area contributed by atoms with Crippen LogP contribution in [0.1, 0.15) is 19.8 Å². The summed E-state index contributed by atoms with van der Waals surface area (Å²) in [6.45, 7) is 8.86. The van der Waals surface area contributed by atoms with Crippen LogP contribution in [0.2, 0.25) is 0 Å². The Morgan fingerprint density at radius 3 is 2.69 bits per heavy atom. The molecule has 0 aromatic heterocycles.